The summed E-state index contributed by atoms with van der Waals surface area (Å²) >= 11 is 0. The number of carbonyl (C=O) groups excluding carboxylic acids is 1. The highest BCUT2D eigenvalue weighted by Gasteiger charge is 2.17. The largest absolute Gasteiger partial charge is 0.355 e. The van der Waals surface area contributed by atoms with Gasteiger partial charge in [-0.2, -0.15) is 0 Å². The Hall–Kier alpha value is -1.46. The number of rotatable bonds is 5. The molecule has 0 unspecified atom stereocenters. The Kier molecular flexibility index (Phi) is 5.49. The molecular weight excluding hydrogens is 257 g/mol. The molecule has 3 N–H and O–H groups in total. The van der Waals surface area contributed by atoms with Gasteiger partial charge in [-0.05, 0) is 37.0 Å². The minimum atomic E-state index is -0.235. The Balaban J connectivity index is 1.64. The molecule has 20 heavy (non-hydrogen) atoms. The van der Waals surface area contributed by atoms with E-state index in [4.69, 9.17) is 5.73 Å². The average molecular weight is 279 g/mol. The fraction of sp³-hybridized carbons (Fsp3) is 0.533. The van der Waals surface area contributed by atoms with Crippen molar-refractivity contribution in [3.8, 4) is 0 Å². The van der Waals surface area contributed by atoms with Crippen LogP contribution < -0.4 is 11.1 Å². The summed E-state index contributed by atoms with van der Waals surface area (Å²) < 4.78 is 12.7. The van der Waals surface area contributed by atoms with Crippen molar-refractivity contribution in [2.75, 3.05) is 26.2 Å². The number of piperidine rings is 1. The SMILES string of the molecule is NC1CCN(CC(=O)NCCc2ccc(F)cc2)CC1. The van der Waals surface area contributed by atoms with Crippen molar-refractivity contribution in [1.29, 1.82) is 0 Å². The number of amides is 1. The minimum Gasteiger partial charge on any atom is -0.355 e. The van der Waals surface area contributed by atoms with Crippen LogP contribution in [-0.2, 0) is 11.2 Å². The molecular formula is C15H22FN3O. The van der Waals surface area contributed by atoms with E-state index in [1.807, 2.05) is 0 Å². The number of hydrogen-bond donors (Lipinski definition) is 2. The number of likely N-dealkylation sites (tertiary alicyclic amines) is 1. The number of nitrogens with zero attached hydrogens (tertiary/aromatic N) is 1. The smallest absolute Gasteiger partial charge is 0.234 e. The molecule has 1 aromatic rings. The highest BCUT2D eigenvalue weighted by atomic mass is 19.1. The fourth-order valence-electron chi connectivity index (χ4n) is 2.37. The van der Waals surface area contributed by atoms with Crippen LogP contribution in [0.3, 0.4) is 0 Å². The summed E-state index contributed by atoms with van der Waals surface area (Å²) in [6.45, 7) is 2.81. The molecule has 0 bridgehead atoms. The zero-order chi connectivity index (χ0) is 14.4. The van der Waals surface area contributed by atoms with E-state index in [2.05, 4.69) is 10.2 Å². The Morgan fingerprint density at radius 1 is 1.30 bits per heavy atom. The maximum Gasteiger partial charge on any atom is 0.234 e. The topological polar surface area (TPSA) is 58.4 Å². The van der Waals surface area contributed by atoms with E-state index in [0.29, 0.717) is 13.1 Å². The number of hydrogen-bond acceptors (Lipinski definition) is 3. The van der Waals surface area contributed by atoms with Gasteiger partial charge in [-0.3, -0.25) is 9.69 Å². The van der Waals surface area contributed by atoms with E-state index >= 15 is 0 Å². The molecule has 5 heteroatoms. The lowest BCUT2D eigenvalue weighted by atomic mass is 10.1. The monoisotopic (exact) mass is 279 g/mol. The highest BCUT2D eigenvalue weighted by molar-refractivity contribution is 5.78. The molecule has 1 saturated heterocycles. The van der Waals surface area contributed by atoms with Crippen molar-refractivity contribution in [3.05, 3.63) is 35.6 Å². The summed E-state index contributed by atoms with van der Waals surface area (Å²) in [7, 11) is 0. The van der Waals surface area contributed by atoms with Crippen molar-refractivity contribution in [1.82, 2.24) is 10.2 Å². The van der Waals surface area contributed by atoms with Gasteiger partial charge in [-0.15, -0.1) is 0 Å². The summed E-state index contributed by atoms with van der Waals surface area (Å²) in [6, 6.07) is 6.65. The van der Waals surface area contributed by atoms with E-state index in [1.165, 1.54) is 12.1 Å². The molecule has 4 nitrogen and oxygen atoms in total. The number of benzene rings is 1. The van der Waals surface area contributed by atoms with Gasteiger partial charge in [0.05, 0.1) is 6.54 Å². The molecule has 1 aliphatic heterocycles. The van der Waals surface area contributed by atoms with Gasteiger partial charge >= 0.3 is 0 Å². The van der Waals surface area contributed by atoms with Crippen molar-refractivity contribution in [2.24, 2.45) is 5.73 Å². The third kappa shape index (κ3) is 4.90. The first kappa shape index (κ1) is 14.9. The summed E-state index contributed by atoms with van der Waals surface area (Å²) in [4.78, 5) is 13.9. The van der Waals surface area contributed by atoms with Gasteiger partial charge in [0.2, 0.25) is 5.91 Å². The molecule has 2 rings (SSSR count). The minimum absolute atomic E-state index is 0.0441. The first-order chi connectivity index (χ1) is 9.63. The molecule has 110 valence electrons. The molecule has 1 fully saturated rings. The maximum atomic E-state index is 12.7. The van der Waals surface area contributed by atoms with Crippen LogP contribution in [0.4, 0.5) is 4.39 Å². The zero-order valence-electron chi connectivity index (χ0n) is 11.6. The van der Waals surface area contributed by atoms with Crippen LogP contribution in [0.25, 0.3) is 0 Å². The van der Waals surface area contributed by atoms with E-state index in [9.17, 15) is 9.18 Å². The van der Waals surface area contributed by atoms with Crippen molar-refractivity contribution >= 4 is 5.91 Å². The molecule has 0 radical (unpaired) electrons. The Morgan fingerprint density at radius 2 is 1.95 bits per heavy atom. The molecule has 1 aliphatic rings. The van der Waals surface area contributed by atoms with Crippen LogP contribution in [0.5, 0.6) is 0 Å². The van der Waals surface area contributed by atoms with Gasteiger partial charge in [0.15, 0.2) is 0 Å². The zero-order valence-corrected chi connectivity index (χ0v) is 11.6. The van der Waals surface area contributed by atoms with Crippen molar-refractivity contribution in [2.45, 2.75) is 25.3 Å². The first-order valence-electron chi connectivity index (χ1n) is 7.12. The van der Waals surface area contributed by atoms with Gasteiger partial charge in [0.25, 0.3) is 0 Å². The van der Waals surface area contributed by atoms with Crippen LogP contribution in [0.2, 0.25) is 0 Å². The molecule has 0 spiro atoms. The molecule has 0 saturated carbocycles. The number of halogens is 1. The highest BCUT2D eigenvalue weighted by Crippen LogP contribution is 2.07. The van der Waals surface area contributed by atoms with Crippen LogP contribution >= 0.6 is 0 Å². The summed E-state index contributed by atoms with van der Waals surface area (Å²) in [5, 5.41) is 2.90. The summed E-state index contributed by atoms with van der Waals surface area (Å²) in [6.07, 6.45) is 2.64. The average Bonchev–Trinajstić information content (AvgIpc) is 2.44. The fourth-order valence-corrected chi connectivity index (χ4v) is 2.37. The normalized spacial score (nSPS) is 17.1. The third-order valence-corrected chi connectivity index (χ3v) is 3.65. The molecule has 1 amide bonds. The Morgan fingerprint density at radius 3 is 2.60 bits per heavy atom. The number of nitrogens with two attached hydrogens (primary N) is 1. The standard InChI is InChI=1S/C15H22FN3O/c16-13-3-1-12(2-4-13)5-8-18-15(20)11-19-9-6-14(17)7-10-19/h1-4,14H,5-11,17H2,(H,18,20). The van der Waals surface area contributed by atoms with Gasteiger partial charge in [0.1, 0.15) is 5.82 Å². The lowest BCUT2D eigenvalue weighted by molar-refractivity contribution is -0.122. The lowest BCUT2D eigenvalue weighted by Crippen LogP contribution is -2.44. The molecule has 1 aromatic carbocycles. The van der Waals surface area contributed by atoms with Gasteiger partial charge in [-0.25, -0.2) is 4.39 Å². The molecule has 0 atom stereocenters. The summed E-state index contributed by atoms with van der Waals surface area (Å²) in [5.74, 6) is -0.191. The van der Waals surface area contributed by atoms with Crippen molar-refractivity contribution < 1.29 is 9.18 Å². The third-order valence-electron chi connectivity index (χ3n) is 3.65. The molecule has 0 aromatic heterocycles. The van der Waals surface area contributed by atoms with Gasteiger partial charge in [0, 0.05) is 25.7 Å². The van der Waals surface area contributed by atoms with Gasteiger partial charge < -0.3 is 11.1 Å². The number of carbonyl (C=O) groups is 1. The van der Waals surface area contributed by atoms with Crippen LogP contribution in [-0.4, -0.2) is 43.0 Å². The first-order valence-corrected chi connectivity index (χ1v) is 7.12. The predicted molar refractivity (Wildman–Crippen MR) is 76.8 cm³/mol. The quantitative estimate of drug-likeness (QED) is 0.842. The van der Waals surface area contributed by atoms with Crippen LogP contribution in [0.1, 0.15) is 18.4 Å². The van der Waals surface area contributed by atoms with E-state index in [-0.39, 0.29) is 17.8 Å². The Bertz CT molecular complexity index is 427. The summed E-state index contributed by atoms with van der Waals surface area (Å²) in [5.41, 5.74) is 6.85. The van der Waals surface area contributed by atoms with E-state index in [0.717, 1.165) is 37.9 Å². The molecule has 0 aliphatic carbocycles. The van der Waals surface area contributed by atoms with Crippen LogP contribution in [0.15, 0.2) is 24.3 Å². The predicted octanol–water partition coefficient (Wildman–Crippen LogP) is 0.907. The van der Waals surface area contributed by atoms with Gasteiger partial charge in [-0.1, -0.05) is 12.1 Å². The number of nitrogens with one attached hydrogen (secondary N) is 1. The van der Waals surface area contributed by atoms with E-state index < -0.39 is 0 Å². The molecule has 1 heterocycles. The second-order valence-electron chi connectivity index (χ2n) is 5.34. The maximum absolute atomic E-state index is 12.7. The van der Waals surface area contributed by atoms with Crippen LogP contribution in [0, 0.1) is 5.82 Å². The van der Waals surface area contributed by atoms with E-state index in [1.54, 1.807) is 12.1 Å². The Labute approximate surface area is 119 Å². The second-order valence-corrected chi connectivity index (χ2v) is 5.34. The van der Waals surface area contributed by atoms with Crippen molar-refractivity contribution in [3.63, 3.8) is 0 Å². The lowest BCUT2D eigenvalue weighted by Gasteiger charge is -2.29. The second kappa shape index (κ2) is 7.36.